The molecular weight excluding hydrogens is 278 g/mol. The molecule has 0 saturated carbocycles. The molecule has 2 aromatic carbocycles. The van der Waals surface area contributed by atoms with Crippen LogP contribution in [0, 0.1) is 0 Å². The monoisotopic (exact) mass is 312 g/mol. The Morgan fingerprint density at radius 3 is 3.00 bits per heavy atom. The number of hydrogen-bond donors (Lipinski definition) is 1. The number of benzene rings is 2. The van der Waals surface area contributed by atoms with Crippen molar-refractivity contribution >= 4 is 22.1 Å². The van der Waals surface area contributed by atoms with Gasteiger partial charge >= 0.3 is 0 Å². The van der Waals surface area contributed by atoms with Crippen molar-refractivity contribution in [3.63, 3.8) is 0 Å². The van der Waals surface area contributed by atoms with Crippen LogP contribution < -0.4 is 10.1 Å². The fourth-order valence-electron chi connectivity index (χ4n) is 1.69. The topological polar surface area (TPSA) is 21.3 Å². The summed E-state index contributed by atoms with van der Waals surface area (Å²) >= 11 is 0.594. The molecule has 1 atom stereocenters. The number of thiophene rings is 1. The summed E-state index contributed by atoms with van der Waals surface area (Å²) in [5.41, 5.74) is 0. The number of rotatable bonds is 6. The molecule has 2 nitrogen and oxygen atoms in total. The SMILES string of the molecule is [2H]c1sc(C(CC([2H])([2H])NC([2H])([2H])[2H])Oc2c([2H])c([2H])c([2H])c3c([2H])c([2H])c([2H])c([2H])c23)c([2H])c1[2H]. The third kappa shape index (κ3) is 3.26. The van der Waals surface area contributed by atoms with Gasteiger partial charge in [0.25, 0.3) is 0 Å². The molecular formula is C18H19NOS. The fourth-order valence-corrected chi connectivity index (χ4v) is 2.27. The maximum absolute atomic E-state index is 8.34. The second-order valence-electron chi connectivity index (χ2n) is 3.88. The lowest BCUT2D eigenvalue weighted by molar-refractivity contribution is 0.201. The van der Waals surface area contributed by atoms with Crippen LogP contribution in [0.15, 0.2) is 59.7 Å². The number of hydrogen-bond acceptors (Lipinski definition) is 3. The molecule has 0 spiro atoms. The van der Waals surface area contributed by atoms with Gasteiger partial charge in [0.2, 0.25) is 0 Å². The van der Waals surface area contributed by atoms with Crippen molar-refractivity contribution in [2.75, 3.05) is 13.5 Å². The summed E-state index contributed by atoms with van der Waals surface area (Å²) in [7, 11) is 0. The third-order valence-corrected chi connectivity index (χ3v) is 3.39. The van der Waals surface area contributed by atoms with Crippen molar-refractivity contribution in [3.05, 3.63) is 64.6 Å². The normalized spacial score (nSPS) is 23.9. The quantitative estimate of drug-likeness (QED) is 0.716. The molecule has 0 radical (unpaired) electrons. The van der Waals surface area contributed by atoms with Gasteiger partial charge in [-0.3, -0.25) is 0 Å². The highest BCUT2D eigenvalue weighted by Gasteiger charge is 2.15. The van der Waals surface area contributed by atoms with E-state index in [2.05, 4.69) is 0 Å². The summed E-state index contributed by atoms with van der Waals surface area (Å²) < 4.78 is 125. The molecule has 0 amide bonds. The summed E-state index contributed by atoms with van der Waals surface area (Å²) in [6.45, 7) is -5.57. The van der Waals surface area contributed by atoms with Crippen molar-refractivity contribution in [2.24, 2.45) is 0 Å². The Labute approximate surface area is 150 Å². The first-order valence-corrected chi connectivity index (χ1v) is 6.72. The minimum Gasteiger partial charge on any atom is -0.484 e. The Hall–Kier alpha value is -1.84. The summed E-state index contributed by atoms with van der Waals surface area (Å²) in [6.07, 6.45) is -2.41. The molecule has 0 aliphatic heterocycles. The molecule has 0 fully saturated rings. The molecule has 3 rings (SSSR count). The molecule has 3 heteroatoms. The van der Waals surface area contributed by atoms with Crippen molar-refractivity contribution < 1.29 is 25.3 Å². The van der Waals surface area contributed by atoms with Crippen LogP contribution in [-0.4, -0.2) is 13.5 Å². The molecule has 1 unspecified atom stereocenters. The van der Waals surface area contributed by atoms with Crippen molar-refractivity contribution in [2.45, 2.75) is 12.5 Å². The molecule has 0 saturated heterocycles. The molecule has 0 aliphatic rings. The lowest BCUT2D eigenvalue weighted by Crippen LogP contribution is -2.15. The molecule has 0 bridgehead atoms. The van der Waals surface area contributed by atoms with E-state index in [1.54, 1.807) is 5.32 Å². The zero-order valence-corrected chi connectivity index (χ0v) is 11.4. The Balaban J connectivity index is 2.30. The third-order valence-electron chi connectivity index (χ3n) is 2.60. The number of ether oxygens (including phenoxy) is 1. The highest BCUT2D eigenvalue weighted by Crippen LogP contribution is 2.32. The van der Waals surface area contributed by atoms with Gasteiger partial charge in [0.15, 0.2) is 0 Å². The van der Waals surface area contributed by atoms with Crippen LogP contribution in [0.4, 0.5) is 0 Å². The zero-order valence-electron chi connectivity index (χ0n) is 25.6. The molecule has 0 aliphatic carbocycles. The predicted molar refractivity (Wildman–Crippen MR) is 90.2 cm³/mol. The second-order valence-corrected chi connectivity index (χ2v) is 4.73. The Morgan fingerprint density at radius 2 is 2.14 bits per heavy atom. The van der Waals surface area contributed by atoms with E-state index in [1.807, 2.05) is 0 Å². The minimum atomic E-state index is -2.91. The van der Waals surface area contributed by atoms with Crippen LogP contribution in [0.3, 0.4) is 0 Å². The van der Waals surface area contributed by atoms with Crippen LogP contribution >= 0.6 is 11.3 Å². The maximum atomic E-state index is 8.34. The van der Waals surface area contributed by atoms with E-state index in [1.165, 1.54) is 0 Å². The summed E-state index contributed by atoms with van der Waals surface area (Å²) in [4.78, 5) is -0.156. The largest absolute Gasteiger partial charge is 0.484 e. The smallest absolute Gasteiger partial charge is 0.134 e. The van der Waals surface area contributed by atoms with Crippen LogP contribution in [0.2, 0.25) is 0 Å². The molecule has 108 valence electrons. The lowest BCUT2D eigenvalue weighted by atomic mass is 10.1. The minimum absolute atomic E-state index is 0.156. The first-order chi connectivity index (χ1) is 16.4. The van der Waals surface area contributed by atoms with Crippen molar-refractivity contribution in [3.8, 4) is 5.75 Å². The highest BCUT2D eigenvalue weighted by atomic mass is 32.1. The Morgan fingerprint density at radius 1 is 1.24 bits per heavy atom. The van der Waals surface area contributed by atoms with Gasteiger partial charge in [-0.15, -0.1) is 11.3 Å². The van der Waals surface area contributed by atoms with E-state index in [0.29, 0.717) is 11.3 Å². The molecule has 3 aromatic rings. The van der Waals surface area contributed by atoms with Crippen molar-refractivity contribution in [1.29, 1.82) is 0 Å². The summed E-state index contributed by atoms with van der Waals surface area (Å²) in [5.74, 6) is -0.599. The molecule has 1 aromatic heterocycles. The average Bonchev–Trinajstić information content (AvgIpc) is 3.01. The van der Waals surface area contributed by atoms with Gasteiger partial charge in [0, 0.05) is 23.5 Å². The van der Waals surface area contributed by atoms with Crippen LogP contribution in [0.1, 0.15) is 38.0 Å². The Kier molecular flexibility index (Phi) is 1.55. The second kappa shape index (κ2) is 6.74. The fraction of sp³-hybridized carbons (Fsp3) is 0.222. The lowest BCUT2D eigenvalue weighted by Gasteiger charge is -2.19. The number of nitrogens with one attached hydrogen (secondary N) is 1. The molecule has 1 N–H and O–H groups in total. The number of fused-ring (bicyclic) bond motifs is 1. The van der Waals surface area contributed by atoms with E-state index in [9.17, 15) is 0 Å². The zero-order chi connectivity index (χ0) is 27.5. The van der Waals surface area contributed by atoms with Gasteiger partial charge in [-0.05, 0) is 36.3 Å². The van der Waals surface area contributed by atoms with Gasteiger partial charge in [-0.25, -0.2) is 0 Å². The molecule has 21 heavy (non-hydrogen) atoms. The average molecular weight is 313 g/mol. The first kappa shape index (κ1) is 4.83. The van der Waals surface area contributed by atoms with E-state index >= 15 is 0 Å². The standard InChI is InChI=1S/C18H19NOS/c1-19-12-11-17(18-10-5-13-21-18)20-16-9-4-7-14-6-2-3-8-15(14)16/h2-10,13,17,19H,11-12H2,1H3/i1D3,2D,3D,4D,5D,6D,7D,8D,9D,10D,12D2,13D. The van der Waals surface area contributed by atoms with Gasteiger partial charge in [0.05, 0.1) is 13.7 Å². The summed E-state index contributed by atoms with van der Waals surface area (Å²) in [5, 5.41) is 0.627. The maximum Gasteiger partial charge on any atom is 0.134 e. The predicted octanol–water partition coefficient (Wildman–Crippen LogP) is 4.63. The highest BCUT2D eigenvalue weighted by molar-refractivity contribution is 7.10. The van der Waals surface area contributed by atoms with Gasteiger partial charge < -0.3 is 10.1 Å². The Bertz CT molecular complexity index is 1340. The van der Waals surface area contributed by atoms with Crippen LogP contribution in [0.5, 0.6) is 5.75 Å². The van der Waals surface area contributed by atoms with Crippen LogP contribution in [-0.2, 0) is 0 Å². The van der Waals surface area contributed by atoms with Crippen LogP contribution in [0.25, 0.3) is 10.8 Å². The van der Waals surface area contributed by atoms with Gasteiger partial charge in [-0.1, -0.05) is 42.3 Å². The van der Waals surface area contributed by atoms with E-state index in [4.69, 9.17) is 25.3 Å². The van der Waals surface area contributed by atoms with Crippen molar-refractivity contribution in [1.82, 2.24) is 5.32 Å². The van der Waals surface area contributed by atoms with E-state index in [-0.39, 0.29) is 10.2 Å². The first-order valence-electron chi connectivity index (χ1n) is 13.4. The molecule has 1 heterocycles. The van der Waals surface area contributed by atoms with Gasteiger partial charge in [-0.2, -0.15) is 0 Å². The summed E-state index contributed by atoms with van der Waals surface area (Å²) in [6, 6.07) is -5.82. The van der Waals surface area contributed by atoms with E-state index in [0.717, 1.165) is 0 Å². The van der Waals surface area contributed by atoms with Gasteiger partial charge in [0.1, 0.15) is 11.9 Å². The van der Waals surface area contributed by atoms with E-state index < -0.39 is 96.9 Å².